The van der Waals surface area contributed by atoms with Crippen LogP contribution < -0.4 is 5.32 Å². The number of rotatable bonds is 7. The summed E-state index contributed by atoms with van der Waals surface area (Å²) < 4.78 is 4.71. The minimum atomic E-state index is -0.734. The highest BCUT2D eigenvalue weighted by Crippen LogP contribution is 2.18. The molecule has 1 heterocycles. The van der Waals surface area contributed by atoms with Crippen LogP contribution >= 0.6 is 0 Å². The van der Waals surface area contributed by atoms with Crippen molar-refractivity contribution in [3.05, 3.63) is 5.53 Å². The van der Waals surface area contributed by atoms with Crippen molar-refractivity contribution in [2.45, 2.75) is 19.3 Å². The zero-order chi connectivity index (χ0) is 14.3. The number of ketones is 2. The molecule has 0 radical (unpaired) electrons. The summed E-state index contributed by atoms with van der Waals surface area (Å²) in [5.41, 5.74) is 8.06. The number of Topliss-reactive ketones (excluding diaryl/α,β-unsaturated/α-hetero) is 2. The van der Waals surface area contributed by atoms with Gasteiger partial charge < -0.3 is 15.6 Å². The first-order valence-electron chi connectivity index (χ1n) is 5.68. The van der Waals surface area contributed by atoms with Gasteiger partial charge in [0, 0.05) is 6.42 Å². The normalized spacial score (nSPS) is 17.3. The zero-order valence-corrected chi connectivity index (χ0v) is 10.1. The predicted octanol–water partition coefficient (Wildman–Crippen LogP) is -1.12. The molecule has 0 spiro atoms. The number of carbonyl (C=O) groups is 4. The molecule has 0 saturated carbocycles. The average molecular weight is 267 g/mol. The van der Waals surface area contributed by atoms with Crippen molar-refractivity contribution in [2.24, 2.45) is 5.92 Å². The maximum Gasteiger partial charge on any atom is 0.344 e. The summed E-state index contributed by atoms with van der Waals surface area (Å²) >= 11 is 0. The lowest BCUT2D eigenvalue weighted by atomic mass is 9.99. The molecule has 1 aliphatic heterocycles. The smallest absolute Gasteiger partial charge is 0.344 e. The molecule has 8 nitrogen and oxygen atoms in total. The van der Waals surface area contributed by atoms with Crippen LogP contribution in [0.2, 0.25) is 0 Å². The van der Waals surface area contributed by atoms with E-state index < -0.39 is 23.6 Å². The minimum absolute atomic E-state index is 0.0172. The molecule has 0 bridgehead atoms. The van der Waals surface area contributed by atoms with Gasteiger partial charge in [-0.1, -0.05) is 0 Å². The van der Waals surface area contributed by atoms with Gasteiger partial charge in [-0.05, 0) is 6.42 Å². The molecule has 1 atom stereocenters. The number of amides is 1. The van der Waals surface area contributed by atoms with E-state index in [0.717, 1.165) is 0 Å². The molecule has 0 aromatic rings. The van der Waals surface area contributed by atoms with E-state index in [1.807, 2.05) is 0 Å². The predicted molar refractivity (Wildman–Crippen MR) is 61.0 cm³/mol. The topological polar surface area (TPSA) is 126 Å². The van der Waals surface area contributed by atoms with Gasteiger partial charge in [0.2, 0.25) is 0 Å². The van der Waals surface area contributed by atoms with Crippen LogP contribution in [-0.4, -0.2) is 47.6 Å². The van der Waals surface area contributed by atoms with E-state index in [9.17, 15) is 19.2 Å². The summed E-state index contributed by atoms with van der Waals surface area (Å²) in [6.07, 6.45) is 0.725. The van der Waals surface area contributed by atoms with Crippen LogP contribution in [0.1, 0.15) is 19.3 Å². The summed E-state index contributed by atoms with van der Waals surface area (Å²) in [6, 6.07) is 0. The van der Waals surface area contributed by atoms with Crippen molar-refractivity contribution in [1.29, 1.82) is 0 Å². The van der Waals surface area contributed by atoms with E-state index in [1.165, 1.54) is 0 Å². The van der Waals surface area contributed by atoms with Crippen molar-refractivity contribution < 1.29 is 28.7 Å². The summed E-state index contributed by atoms with van der Waals surface area (Å²) in [4.78, 5) is 47.3. The molecule has 19 heavy (non-hydrogen) atoms. The maximum absolute atomic E-state index is 11.5. The molecular weight excluding hydrogens is 254 g/mol. The molecule has 1 aliphatic rings. The SMILES string of the molecule is [N-]=[N+]=CC(=O)NCC(=O)CC(=O)CC1CCOC1=O. The lowest BCUT2D eigenvalue weighted by Crippen LogP contribution is -2.31. The van der Waals surface area contributed by atoms with Crippen molar-refractivity contribution in [3.8, 4) is 0 Å². The van der Waals surface area contributed by atoms with Gasteiger partial charge in [0.15, 0.2) is 5.78 Å². The van der Waals surface area contributed by atoms with E-state index in [2.05, 4.69) is 10.1 Å². The lowest BCUT2D eigenvalue weighted by Gasteiger charge is -2.04. The van der Waals surface area contributed by atoms with Crippen molar-refractivity contribution >= 4 is 29.7 Å². The molecule has 1 fully saturated rings. The average Bonchev–Trinajstić information content (AvgIpc) is 2.73. The standard InChI is InChI=1S/C11H13N3O5/c12-14-6-10(17)13-5-9(16)4-8(15)3-7-1-2-19-11(7)18/h6-7H,1-5H2,(H,13,17). The zero-order valence-electron chi connectivity index (χ0n) is 10.1. The maximum atomic E-state index is 11.5. The quantitative estimate of drug-likeness (QED) is 0.206. The largest absolute Gasteiger partial charge is 0.465 e. The van der Waals surface area contributed by atoms with Crippen molar-refractivity contribution in [1.82, 2.24) is 5.32 Å². The Bertz CT molecular complexity index is 453. The summed E-state index contributed by atoms with van der Waals surface area (Å²) in [5.74, 6) is -2.44. The molecule has 1 rings (SSSR count). The Morgan fingerprint density at radius 1 is 1.42 bits per heavy atom. The third-order valence-electron chi connectivity index (χ3n) is 2.55. The molecule has 1 N–H and O–H groups in total. The van der Waals surface area contributed by atoms with E-state index in [4.69, 9.17) is 10.3 Å². The van der Waals surface area contributed by atoms with Crippen LogP contribution in [0, 0.1) is 5.92 Å². The molecule has 1 amide bonds. The van der Waals surface area contributed by atoms with Crippen molar-refractivity contribution in [2.75, 3.05) is 13.2 Å². The highest BCUT2D eigenvalue weighted by atomic mass is 16.5. The Labute approximate surface area is 108 Å². The molecule has 1 unspecified atom stereocenters. The summed E-state index contributed by atoms with van der Waals surface area (Å²) in [5, 5.41) is 2.15. The fourth-order valence-electron chi connectivity index (χ4n) is 1.64. The van der Waals surface area contributed by atoms with E-state index in [-0.39, 0.29) is 25.2 Å². The Balaban J connectivity index is 2.28. The number of carbonyl (C=O) groups excluding carboxylic acids is 4. The van der Waals surface area contributed by atoms with E-state index in [0.29, 0.717) is 19.2 Å². The fourth-order valence-corrected chi connectivity index (χ4v) is 1.64. The first kappa shape index (κ1) is 14.7. The first-order chi connectivity index (χ1) is 9.02. The highest BCUT2D eigenvalue weighted by Gasteiger charge is 2.29. The third-order valence-corrected chi connectivity index (χ3v) is 2.55. The van der Waals surface area contributed by atoms with E-state index >= 15 is 0 Å². The van der Waals surface area contributed by atoms with Crippen LogP contribution in [0.15, 0.2) is 0 Å². The monoisotopic (exact) mass is 267 g/mol. The molecule has 1 saturated heterocycles. The second-order valence-electron chi connectivity index (χ2n) is 4.07. The van der Waals surface area contributed by atoms with Gasteiger partial charge in [0.1, 0.15) is 5.78 Å². The van der Waals surface area contributed by atoms with E-state index in [1.54, 1.807) is 0 Å². The fraction of sp³-hybridized carbons (Fsp3) is 0.545. The van der Waals surface area contributed by atoms with Gasteiger partial charge >= 0.3 is 18.1 Å². The van der Waals surface area contributed by atoms with Crippen LogP contribution in [-0.2, 0) is 23.9 Å². The third kappa shape index (κ3) is 5.22. The van der Waals surface area contributed by atoms with Gasteiger partial charge in [-0.15, -0.1) is 0 Å². The molecule has 0 aliphatic carbocycles. The summed E-state index contributed by atoms with van der Waals surface area (Å²) in [6.45, 7) is -0.0208. The molecule has 8 heteroatoms. The molecule has 102 valence electrons. The van der Waals surface area contributed by atoms with Gasteiger partial charge in [-0.25, -0.2) is 0 Å². The molecular formula is C11H13N3O5. The second kappa shape index (κ2) is 7.17. The highest BCUT2D eigenvalue weighted by molar-refractivity contribution is 6.24. The number of cyclic esters (lactones) is 1. The number of esters is 1. The van der Waals surface area contributed by atoms with Gasteiger partial charge in [-0.3, -0.25) is 19.2 Å². The second-order valence-corrected chi connectivity index (χ2v) is 4.07. The lowest BCUT2D eigenvalue weighted by molar-refractivity contribution is -0.143. The molecule has 0 aromatic carbocycles. The Morgan fingerprint density at radius 2 is 2.16 bits per heavy atom. The van der Waals surface area contributed by atoms with Crippen molar-refractivity contribution in [3.63, 3.8) is 0 Å². The number of hydrogen-bond acceptors (Lipinski definition) is 5. The number of nitrogens with one attached hydrogen (secondary N) is 1. The minimum Gasteiger partial charge on any atom is -0.465 e. The van der Waals surface area contributed by atoms with Crippen LogP contribution in [0.5, 0.6) is 0 Å². The number of ether oxygens (including phenoxy) is 1. The van der Waals surface area contributed by atoms with Gasteiger partial charge in [0.05, 0.1) is 25.5 Å². The summed E-state index contributed by atoms with van der Waals surface area (Å²) in [7, 11) is 0. The van der Waals surface area contributed by atoms with Gasteiger partial charge in [0.25, 0.3) is 0 Å². The number of nitrogens with zero attached hydrogens (tertiary/aromatic N) is 2. The van der Waals surface area contributed by atoms with Crippen LogP contribution in [0.25, 0.3) is 5.53 Å². The molecule has 0 aromatic heterocycles. The Morgan fingerprint density at radius 3 is 2.74 bits per heavy atom. The first-order valence-corrected chi connectivity index (χ1v) is 5.68. The Kier molecular flexibility index (Phi) is 5.56. The number of hydrogen-bond donors (Lipinski definition) is 1. The van der Waals surface area contributed by atoms with Crippen LogP contribution in [0.3, 0.4) is 0 Å². The van der Waals surface area contributed by atoms with Crippen LogP contribution in [0.4, 0.5) is 0 Å². The van der Waals surface area contributed by atoms with Gasteiger partial charge in [-0.2, -0.15) is 4.79 Å². The Hall–Kier alpha value is -2.34.